The Hall–Kier alpha value is -1.30. The molecule has 0 spiro atoms. The van der Waals surface area contributed by atoms with Gasteiger partial charge in [-0.3, -0.25) is 4.79 Å². The van der Waals surface area contributed by atoms with Gasteiger partial charge in [-0.15, -0.1) is 0 Å². The van der Waals surface area contributed by atoms with Crippen molar-refractivity contribution in [3.63, 3.8) is 0 Å². The molecule has 0 aromatic carbocycles. The van der Waals surface area contributed by atoms with Gasteiger partial charge in [0.1, 0.15) is 6.54 Å². The number of aliphatic imine (C=N–C) groups is 1. The summed E-state index contributed by atoms with van der Waals surface area (Å²) in [7, 11) is 3.58. The van der Waals surface area contributed by atoms with Crippen LogP contribution in [0, 0.1) is 0 Å². The van der Waals surface area contributed by atoms with E-state index in [1.807, 2.05) is 0 Å². The maximum atomic E-state index is 12.0. The summed E-state index contributed by atoms with van der Waals surface area (Å²) in [4.78, 5) is 20.9. The summed E-state index contributed by atoms with van der Waals surface area (Å²) in [6.07, 6.45) is 14.3. The van der Waals surface area contributed by atoms with E-state index in [2.05, 4.69) is 20.5 Å². The highest BCUT2D eigenvalue weighted by molar-refractivity contribution is 5.85. The van der Waals surface area contributed by atoms with Gasteiger partial charge < -0.3 is 20.4 Å². The van der Waals surface area contributed by atoms with Crippen LogP contribution in [-0.4, -0.2) is 73.5 Å². The first kappa shape index (κ1) is 20.4. The average molecular weight is 378 g/mol. The van der Waals surface area contributed by atoms with Gasteiger partial charge in [-0.25, -0.2) is 4.99 Å². The number of rotatable bonds is 5. The molecule has 6 nitrogen and oxygen atoms in total. The van der Waals surface area contributed by atoms with E-state index >= 15 is 0 Å². The van der Waals surface area contributed by atoms with Gasteiger partial charge in [0.05, 0.1) is 0 Å². The van der Waals surface area contributed by atoms with Crippen LogP contribution in [0.25, 0.3) is 0 Å². The minimum atomic E-state index is 0.0517. The van der Waals surface area contributed by atoms with Crippen LogP contribution in [0.1, 0.15) is 70.6 Å². The Balaban J connectivity index is 1.52. The van der Waals surface area contributed by atoms with Crippen LogP contribution in [-0.2, 0) is 4.79 Å². The predicted molar refractivity (Wildman–Crippen MR) is 111 cm³/mol. The highest BCUT2D eigenvalue weighted by Gasteiger charge is 2.27. The molecule has 1 heterocycles. The van der Waals surface area contributed by atoms with Crippen molar-refractivity contribution in [2.45, 2.75) is 88.8 Å². The summed E-state index contributed by atoms with van der Waals surface area (Å²) >= 11 is 0. The van der Waals surface area contributed by atoms with Crippen LogP contribution >= 0.6 is 0 Å². The minimum Gasteiger partial charge on any atom is -0.354 e. The Bertz CT molecular complexity index is 487. The molecule has 1 aliphatic heterocycles. The van der Waals surface area contributed by atoms with E-state index in [0.717, 1.165) is 12.0 Å². The number of hydrogen-bond acceptors (Lipinski definition) is 3. The zero-order chi connectivity index (χ0) is 19.1. The van der Waals surface area contributed by atoms with E-state index in [9.17, 15) is 4.79 Å². The van der Waals surface area contributed by atoms with Crippen molar-refractivity contribution in [3.8, 4) is 0 Å². The Kier molecular flexibility index (Phi) is 7.80. The van der Waals surface area contributed by atoms with Gasteiger partial charge in [-0.1, -0.05) is 32.1 Å². The quantitative estimate of drug-likeness (QED) is 0.570. The summed E-state index contributed by atoms with van der Waals surface area (Å²) in [6.45, 7) is 2.60. The molecule has 3 fully saturated rings. The number of hydrogen-bond donors (Lipinski definition) is 2. The molecule has 0 unspecified atom stereocenters. The van der Waals surface area contributed by atoms with Gasteiger partial charge >= 0.3 is 0 Å². The number of piperidine rings is 1. The summed E-state index contributed by atoms with van der Waals surface area (Å²) in [6, 6.07) is 1.79. The maximum Gasteiger partial charge on any atom is 0.243 e. The zero-order valence-electron chi connectivity index (χ0n) is 17.4. The maximum absolute atomic E-state index is 12.0. The highest BCUT2D eigenvalue weighted by Crippen LogP contribution is 2.26. The number of likely N-dealkylation sites (tertiary alicyclic amines) is 1. The Morgan fingerprint density at radius 1 is 0.889 bits per heavy atom. The number of likely N-dealkylation sites (N-methyl/N-ethyl adjacent to an activating group) is 1. The minimum absolute atomic E-state index is 0.0517. The third-order valence-corrected chi connectivity index (χ3v) is 6.53. The summed E-state index contributed by atoms with van der Waals surface area (Å²) < 4.78 is 0. The number of guanidine groups is 1. The molecule has 0 bridgehead atoms. The van der Waals surface area contributed by atoms with Crippen LogP contribution in [0.3, 0.4) is 0 Å². The molecule has 0 aromatic heterocycles. The molecule has 3 rings (SSSR count). The SMILES string of the molecule is CN(C)C(=O)CN=C(NC1CCCCC1)NC1CCN(C2CCCC2)CC1. The standard InChI is InChI=1S/C21H39N5O/c1-25(2)20(27)16-22-21(23-17-8-4-3-5-9-17)24-18-12-14-26(15-13-18)19-10-6-7-11-19/h17-19H,3-16H2,1-2H3,(H2,22,23,24). The van der Waals surface area contributed by atoms with Crippen LogP contribution in [0.2, 0.25) is 0 Å². The van der Waals surface area contributed by atoms with E-state index in [-0.39, 0.29) is 12.5 Å². The first-order chi connectivity index (χ1) is 13.1. The molecule has 0 aromatic rings. The largest absolute Gasteiger partial charge is 0.354 e. The topological polar surface area (TPSA) is 60.0 Å². The summed E-state index contributed by atoms with van der Waals surface area (Å²) in [5.41, 5.74) is 0. The Morgan fingerprint density at radius 3 is 2.04 bits per heavy atom. The normalized spacial score (nSPS) is 24.1. The monoisotopic (exact) mass is 377 g/mol. The second kappa shape index (κ2) is 10.3. The number of amides is 1. The fraction of sp³-hybridized carbons (Fsp3) is 0.905. The zero-order valence-corrected chi connectivity index (χ0v) is 17.4. The second-order valence-electron chi connectivity index (χ2n) is 8.83. The molecular weight excluding hydrogens is 338 g/mol. The van der Waals surface area contributed by atoms with Gasteiger partial charge in [0.2, 0.25) is 5.91 Å². The molecule has 0 radical (unpaired) electrons. The van der Waals surface area contributed by atoms with E-state index in [0.29, 0.717) is 12.1 Å². The van der Waals surface area contributed by atoms with Crippen molar-refractivity contribution in [3.05, 3.63) is 0 Å². The third-order valence-electron chi connectivity index (χ3n) is 6.53. The third kappa shape index (κ3) is 6.37. The Labute approximate surface area is 165 Å². The van der Waals surface area contributed by atoms with Crippen molar-refractivity contribution >= 4 is 11.9 Å². The summed E-state index contributed by atoms with van der Waals surface area (Å²) in [5, 5.41) is 7.27. The molecule has 0 atom stereocenters. The lowest BCUT2D eigenvalue weighted by Crippen LogP contribution is -2.52. The first-order valence-corrected chi connectivity index (χ1v) is 11.1. The molecule has 2 saturated carbocycles. The molecule has 27 heavy (non-hydrogen) atoms. The van der Waals surface area contributed by atoms with Gasteiger partial charge in [-0.05, 0) is 38.5 Å². The lowest BCUT2D eigenvalue weighted by Gasteiger charge is -2.37. The fourth-order valence-corrected chi connectivity index (χ4v) is 4.73. The highest BCUT2D eigenvalue weighted by atomic mass is 16.2. The molecule has 1 saturated heterocycles. The number of nitrogens with zero attached hydrogens (tertiary/aromatic N) is 3. The Morgan fingerprint density at radius 2 is 1.44 bits per heavy atom. The van der Waals surface area contributed by atoms with Crippen LogP contribution < -0.4 is 10.6 Å². The van der Waals surface area contributed by atoms with Gasteiger partial charge in [0.15, 0.2) is 5.96 Å². The van der Waals surface area contributed by atoms with E-state index in [1.165, 1.54) is 83.7 Å². The van der Waals surface area contributed by atoms with Crippen molar-refractivity contribution in [1.29, 1.82) is 0 Å². The van der Waals surface area contributed by atoms with E-state index in [1.54, 1.807) is 19.0 Å². The van der Waals surface area contributed by atoms with Crippen LogP contribution in [0.4, 0.5) is 0 Å². The van der Waals surface area contributed by atoms with Crippen LogP contribution in [0.5, 0.6) is 0 Å². The van der Waals surface area contributed by atoms with Crippen molar-refractivity contribution < 1.29 is 4.79 Å². The van der Waals surface area contributed by atoms with Gasteiger partial charge in [0.25, 0.3) is 0 Å². The summed E-state index contributed by atoms with van der Waals surface area (Å²) in [5.74, 6) is 0.896. The van der Waals surface area contributed by atoms with E-state index < -0.39 is 0 Å². The first-order valence-electron chi connectivity index (χ1n) is 11.1. The smallest absolute Gasteiger partial charge is 0.243 e. The van der Waals surface area contributed by atoms with E-state index in [4.69, 9.17) is 0 Å². The lowest BCUT2D eigenvalue weighted by molar-refractivity contribution is -0.127. The molecule has 2 aliphatic carbocycles. The number of nitrogens with one attached hydrogen (secondary N) is 2. The van der Waals surface area contributed by atoms with Crippen LogP contribution in [0.15, 0.2) is 4.99 Å². The van der Waals surface area contributed by atoms with Gasteiger partial charge in [0, 0.05) is 45.3 Å². The molecule has 6 heteroatoms. The molecule has 154 valence electrons. The molecular formula is C21H39N5O. The fourth-order valence-electron chi connectivity index (χ4n) is 4.73. The van der Waals surface area contributed by atoms with Crippen molar-refractivity contribution in [2.24, 2.45) is 4.99 Å². The van der Waals surface area contributed by atoms with Crippen molar-refractivity contribution in [1.82, 2.24) is 20.4 Å². The second-order valence-corrected chi connectivity index (χ2v) is 8.83. The molecule has 2 N–H and O–H groups in total. The average Bonchev–Trinajstić information content (AvgIpc) is 3.22. The predicted octanol–water partition coefficient (Wildman–Crippen LogP) is 2.35. The van der Waals surface area contributed by atoms with Crippen molar-refractivity contribution in [2.75, 3.05) is 33.7 Å². The number of carbonyl (C=O) groups excluding carboxylic acids is 1. The number of carbonyl (C=O) groups is 1. The molecule has 3 aliphatic rings. The lowest BCUT2D eigenvalue weighted by atomic mass is 9.95. The molecule has 1 amide bonds. The van der Waals surface area contributed by atoms with Gasteiger partial charge in [-0.2, -0.15) is 0 Å².